The number of ether oxygens (including phenoxy) is 1. The van der Waals surface area contributed by atoms with Crippen LogP contribution in [0.15, 0.2) is 24.3 Å². The summed E-state index contributed by atoms with van der Waals surface area (Å²) >= 11 is 0. The van der Waals surface area contributed by atoms with Crippen molar-refractivity contribution in [2.24, 2.45) is 0 Å². The second kappa shape index (κ2) is 16.8. The Bertz CT molecular complexity index is 427. The van der Waals surface area contributed by atoms with Gasteiger partial charge < -0.3 is 30.7 Å². The molecule has 26 heavy (non-hydrogen) atoms. The fourth-order valence-corrected chi connectivity index (χ4v) is 1.74. The Morgan fingerprint density at radius 3 is 2.12 bits per heavy atom. The van der Waals surface area contributed by atoms with E-state index in [1.165, 1.54) is 5.56 Å². The third-order valence-corrected chi connectivity index (χ3v) is 3.28. The normalized spacial score (nSPS) is 15.3. The third kappa shape index (κ3) is 20.4. The topological polar surface area (TPSA) is 111 Å². The van der Waals surface area contributed by atoms with Gasteiger partial charge in [-0.15, -0.1) is 0 Å². The van der Waals surface area contributed by atoms with Gasteiger partial charge in [-0.25, -0.2) is 0 Å². The highest BCUT2D eigenvalue weighted by atomic mass is 16.5. The van der Waals surface area contributed by atoms with Crippen LogP contribution in [0.2, 0.25) is 0 Å². The van der Waals surface area contributed by atoms with Crippen LogP contribution >= 0.6 is 0 Å². The highest BCUT2D eigenvalue weighted by Crippen LogP contribution is 2.09. The Morgan fingerprint density at radius 2 is 1.88 bits per heavy atom. The number of hydrogen-bond acceptors (Lipinski definition) is 6. The van der Waals surface area contributed by atoms with Gasteiger partial charge in [0.15, 0.2) is 0 Å². The van der Waals surface area contributed by atoms with Crippen molar-refractivity contribution < 1.29 is 24.9 Å². The van der Waals surface area contributed by atoms with Gasteiger partial charge in [0.25, 0.3) is 6.47 Å². The van der Waals surface area contributed by atoms with E-state index in [1.807, 2.05) is 45.2 Å². The first-order valence-corrected chi connectivity index (χ1v) is 8.64. The molecule has 1 fully saturated rings. The maximum absolute atomic E-state index is 9.11. The van der Waals surface area contributed by atoms with E-state index in [4.69, 9.17) is 24.9 Å². The van der Waals surface area contributed by atoms with Gasteiger partial charge in [-0.05, 0) is 65.9 Å². The second-order valence-electron chi connectivity index (χ2n) is 6.44. The Balaban J connectivity index is 0. The lowest BCUT2D eigenvalue weighted by molar-refractivity contribution is -0.122. The first-order chi connectivity index (χ1) is 12.2. The molecule has 1 aliphatic rings. The maximum Gasteiger partial charge on any atom is 0.290 e. The standard InChI is InChI=1S/C8H10O.C6H15NO.C4H9NO.CH2O2/c1-7-3-5-8(9-2)6-4-7;1-6(2,8)4-5-7-3;6-4-1-2-5-3-4;2-1-3/h3-6H,1-2H3;7-8H,4-5H2,1-3H3;4-6H,1-3H2;1H,(H,2,3). The molecule has 1 aliphatic heterocycles. The number of benzene rings is 1. The number of hydrogen-bond donors (Lipinski definition) is 5. The average Bonchev–Trinajstić information content (AvgIpc) is 3.06. The molecule has 1 aromatic rings. The number of carboxylic acid groups (broad SMARTS) is 1. The number of aliphatic hydroxyl groups is 2. The molecule has 0 amide bonds. The van der Waals surface area contributed by atoms with Crippen LogP contribution in [0.25, 0.3) is 0 Å². The molecule has 7 heteroatoms. The van der Waals surface area contributed by atoms with Crippen LogP contribution < -0.4 is 15.4 Å². The van der Waals surface area contributed by atoms with E-state index >= 15 is 0 Å². The molecule has 0 bridgehead atoms. The first-order valence-electron chi connectivity index (χ1n) is 8.64. The van der Waals surface area contributed by atoms with Gasteiger partial charge in [0.1, 0.15) is 5.75 Å². The molecule has 0 aliphatic carbocycles. The largest absolute Gasteiger partial charge is 0.497 e. The minimum atomic E-state index is -0.511. The lowest BCUT2D eigenvalue weighted by Crippen LogP contribution is -2.24. The highest BCUT2D eigenvalue weighted by Gasteiger charge is 2.09. The van der Waals surface area contributed by atoms with Crippen molar-refractivity contribution >= 4 is 6.47 Å². The number of carbonyl (C=O) groups is 1. The van der Waals surface area contributed by atoms with Gasteiger partial charge in [-0.1, -0.05) is 17.7 Å². The number of rotatable bonds is 4. The number of aliphatic hydroxyl groups excluding tert-OH is 1. The zero-order valence-electron chi connectivity index (χ0n) is 16.7. The zero-order chi connectivity index (χ0) is 20.4. The van der Waals surface area contributed by atoms with Crippen LogP contribution in [0.3, 0.4) is 0 Å². The summed E-state index contributed by atoms with van der Waals surface area (Å²) in [5.74, 6) is 0.917. The molecule has 1 heterocycles. The van der Waals surface area contributed by atoms with Crippen LogP contribution in [0.4, 0.5) is 0 Å². The van der Waals surface area contributed by atoms with Gasteiger partial charge in [0.2, 0.25) is 0 Å². The Labute approximate surface area is 157 Å². The second-order valence-corrected chi connectivity index (χ2v) is 6.44. The molecule has 0 aromatic heterocycles. The molecule has 1 atom stereocenters. The van der Waals surface area contributed by atoms with E-state index < -0.39 is 5.60 Å². The van der Waals surface area contributed by atoms with Crippen LogP contribution in [-0.2, 0) is 4.79 Å². The highest BCUT2D eigenvalue weighted by molar-refractivity contribution is 5.32. The van der Waals surface area contributed by atoms with Gasteiger partial charge in [0, 0.05) is 6.54 Å². The van der Waals surface area contributed by atoms with Gasteiger partial charge in [-0.2, -0.15) is 0 Å². The van der Waals surface area contributed by atoms with Crippen LogP contribution in [-0.4, -0.2) is 67.3 Å². The first kappa shape index (κ1) is 26.6. The predicted octanol–water partition coefficient (Wildman–Crippen LogP) is 1.41. The zero-order valence-corrected chi connectivity index (χ0v) is 16.7. The Hall–Kier alpha value is -1.67. The SMILES string of the molecule is CNCCC(C)(C)O.COc1ccc(C)cc1.O=CO.OC1CCNC1. The van der Waals surface area contributed by atoms with Crippen molar-refractivity contribution in [3.63, 3.8) is 0 Å². The van der Waals surface area contributed by atoms with Crippen molar-refractivity contribution in [3.8, 4) is 5.75 Å². The molecule has 0 spiro atoms. The average molecular weight is 373 g/mol. The van der Waals surface area contributed by atoms with E-state index in [0.717, 1.165) is 38.2 Å². The van der Waals surface area contributed by atoms with Gasteiger partial charge in [-0.3, -0.25) is 4.79 Å². The van der Waals surface area contributed by atoms with Crippen LogP contribution in [0.1, 0.15) is 32.3 Å². The monoisotopic (exact) mass is 372 g/mol. The summed E-state index contributed by atoms with van der Waals surface area (Å²) in [6.45, 7) is 8.08. The molecule has 1 saturated heterocycles. The summed E-state index contributed by atoms with van der Waals surface area (Å²) in [5, 5.41) is 30.7. The van der Waals surface area contributed by atoms with Crippen LogP contribution in [0.5, 0.6) is 5.75 Å². The number of nitrogens with one attached hydrogen (secondary N) is 2. The quantitative estimate of drug-likeness (QED) is 0.508. The lowest BCUT2D eigenvalue weighted by Gasteiger charge is -2.15. The summed E-state index contributed by atoms with van der Waals surface area (Å²) in [6, 6.07) is 7.96. The molecular formula is C19H36N2O5. The fraction of sp³-hybridized carbons (Fsp3) is 0.632. The predicted molar refractivity (Wildman–Crippen MR) is 105 cm³/mol. The molecule has 152 valence electrons. The van der Waals surface area contributed by atoms with Gasteiger partial charge >= 0.3 is 0 Å². The molecular weight excluding hydrogens is 336 g/mol. The molecule has 5 N–H and O–H groups in total. The summed E-state index contributed by atoms with van der Waals surface area (Å²) in [7, 11) is 3.55. The summed E-state index contributed by atoms with van der Waals surface area (Å²) in [5.41, 5.74) is 0.749. The summed E-state index contributed by atoms with van der Waals surface area (Å²) in [6.07, 6.45) is 1.67. The molecule has 1 unspecified atom stereocenters. The molecule has 0 saturated carbocycles. The smallest absolute Gasteiger partial charge is 0.290 e. The maximum atomic E-state index is 9.11. The van der Waals surface area contributed by atoms with Crippen molar-refractivity contribution in [2.75, 3.05) is 33.8 Å². The minimum Gasteiger partial charge on any atom is -0.497 e. The van der Waals surface area contributed by atoms with Gasteiger partial charge in [0.05, 0.1) is 18.8 Å². The summed E-state index contributed by atoms with van der Waals surface area (Å²) < 4.78 is 4.97. The van der Waals surface area contributed by atoms with Crippen LogP contribution in [0, 0.1) is 6.92 Å². The molecule has 7 nitrogen and oxygen atoms in total. The summed E-state index contributed by atoms with van der Waals surface area (Å²) in [4.78, 5) is 8.36. The van der Waals surface area contributed by atoms with Crippen molar-refractivity contribution in [1.29, 1.82) is 0 Å². The van der Waals surface area contributed by atoms with Crippen molar-refractivity contribution in [2.45, 2.75) is 45.3 Å². The Morgan fingerprint density at radius 1 is 1.35 bits per heavy atom. The van der Waals surface area contributed by atoms with Crippen molar-refractivity contribution in [3.05, 3.63) is 29.8 Å². The van der Waals surface area contributed by atoms with E-state index in [9.17, 15) is 0 Å². The van der Waals surface area contributed by atoms with E-state index in [0.29, 0.717) is 0 Å². The fourth-order valence-electron chi connectivity index (χ4n) is 1.74. The number of β-amino-alcohol motifs (C(OH)–C–C–N with tert-alkyl or cyclic N) is 1. The third-order valence-electron chi connectivity index (χ3n) is 3.28. The van der Waals surface area contributed by atoms with E-state index in [1.54, 1.807) is 7.11 Å². The Kier molecular flexibility index (Phi) is 17.1. The number of aryl methyl sites for hydroxylation is 1. The number of methoxy groups -OCH3 is 1. The minimum absolute atomic E-state index is 0.0648. The lowest BCUT2D eigenvalue weighted by atomic mass is 10.1. The van der Waals surface area contributed by atoms with Crippen molar-refractivity contribution in [1.82, 2.24) is 10.6 Å². The molecule has 2 rings (SSSR count). The van der Waals surface area contributed by atoms with E-state index in [-0.39, 0.29) is 12.6 Å². The molecule has 0 radical (unpaired) electrons. The van der Waals surface area contributed by atoms with E-state index in [2.05, 4.69) is 17.6 Å². The molecule has 1 aromatic carbocycles.